The van der Waals surface area contributed by atoms with E-state index >= 15 is 0 Å². The number of hydrogen-bond donors (Lipinski definition) is 1. The zero-order valence-corrected chi connectivity index (χ0v) is 12.9. The van der Waals surface area contributed by atoms with Crippen LogP contribution in [0.1, 0.15) is 19.4 Å². The van der Waals surface area contributed by atoms with E-state index in [4.69, 9.17) is 0 Å². The molecule has 1 amide bonds. The molecule has 1 aromatic carbocycles. The molecule has 0 fully saturated rings. The van der Waals surface area contributed by atoms with E-state index in [2.05, 4.69) is 5.32 Å². The van der Waals surface area contributed by atoms with Gasteiger partial charge in [0.2, 0.25) is 5.91 Å². The number of carbonyl (C=O) groups excluding carboxylic acids is 1. The van der Waals surface area contributed by atoms with Gasteiger partial charge in [0.15, 0.2) is 9.84 Å². The van der Waals surface area contributed by atoms with Gasteiger partial charge < -0.3 is 5.32 Å². The summed E-state index contributed by atoms with van der Waals surface area (Å²) in [6.45, 7) is 3.24. The van der Waals surface area contributed by atoms with Crippen LogP contribution in [-0.4, -0.2) is 30.8 Å². The van der Waals surface area contributed by atoms with Gasteiger partial charge in [-0.25, -0.2) is 8.42 Å². The molecule has 0 heterocycles. The summed E-state index contributed by atoms with van der Waals surface area (Å²) in [5.74, 6) is -1.04. The molecule has 2 unspecified atom stereocenters. The van der Waals surface area contributed by atoms with Gasteiger partial charge in [0.25, 0.3) is 5.69 Å². The summed E-state index contributed by atoms with van der Waals surface area (Å²) in [5.41, 5.74) is 0.678. The average Bonchev–Trinajstić information content (AvgIpc) is 2.42. The summed E-state index contributed by atoms with van der Waals surface area (Å²) >= 11 is 0. The summed E-state index contributed by atoms with van der Waals surface area (Å²) in [7, 11) is -3.28. The number of sulfone groups is 1. The van der Waals surface area contributed by atoms with Gasteiger partial charge in [-0.3, -0.25) is 14.9 Å². The molecule has 0 saturated carbocycles. The first kappa shape index (κ1) is 17.1. The minimum atomic E-state index is -3.28. The van der Waals surface area contributed by atoms with Crippen LogP contribution in [0.25, 0.3) is 0 Å². The molecule has 0 aliphatic rings. The number of benzene rings is 1. The molecule has 0 aromatic heterocycles. The largest absolute Gasteiger partial charge is 0.352 e. The van der Waals surface area contributed by atoms with Crippen molar-refractivity contribution in [2.45, 2.75) is 25.6 Å². The molecule has 116 valence electrons. The molecule has 0 saturated heterocycles. The Kier molecular flexibility index (Phi) is 5.42. The zero-order chi connectivity index (χ0) is 16.2. The van der Waals surface area contributed by atoms with Gasteiger partial charge in [0.05, 0.1) is 16.1 Å². The number of nitro benzene ring substituents is 1. The maximum atomic E-state index is 11.9. The van der Waals surface area contributed by atoms with Crippen molar-refractivity contribution >= 4 is 21.4 Å². The number of carbonyl (C=O) groups is 1. The Hall–Kier alpha value is -1.96. The van der Waals surface area contributed by atoms with E-state index in [1.54, 1.807) is 19.1 Å². The lowest BCUT2D eigenvalue weighted by Gasteiger charge is -2.17. The van der Waals surface area contributed by atoms with Crippen LogP contribution in [0.5, 0.6) is 0 Å². The lowest BCUT2D eigenvalue weighted by atomic mass is 10.1. The van der Waals surface area contributed by atoms with E-state index in [1.807, 2.05) is 0 Å². The molecule has 0 bridgehead atoms. The lowest BCUT2D eigenvalue weighted by molar-refractivity contribution is -0.384. The fourth-order valence-electron chi connectivity index (χ4n) is 1.67. The normalized spacial score (nSPS) is 14.2. The van der Waals surface area contributed by atoms with Gasteiger partial charge in [0, 0.05) is 24.9 Å². The molecular formula is C13H18N2O5S. The van der Waals surface area contributed by atoms with E-state index < -0.39 is 25.9 Å². The second-order valence-corrected chi connectivity index (χ2v) is 7.37. The van der Waals surface area contributed by atoms with Crippen molar-refractivity contribution in [1.82, 2.24) is 5.32 Å². The number of hydrogen-bond acceptors (Lipinski definition) is 5. The minimum Gasteiger partial charge on any atom is -0.352 e. The van der Waals surface area contributed by atoms with Gasteiger partial charge in [-0.15, -0.1) is 0 Å². The fourth-order valence-corrected chi connectivity index (χ4v) is 2.53. The Balaban J connectivity index is 2.62. The molecule has 1 rings (SSSR count). The van der Waals surface area contributed by atoms with Crippen molar-refractivity contribution in [2.24, 2.45) is 5.92 Å². The summed E-state index contributed by atoms with van der Waals surface area (Å²) in [6, 6.07) is 5.79. The molecule has 0 radical (unpaired) electrons. The first-order valence-electron chi connectivity index (χ1n) is 6.33. The summed E-state index contributed by atoms with van der Waals surface area (Å²) in [6.07, 6.45) is 1.10. The fraction of sp³-hybridized carbons (Fsp3) is 0.462. The quantitative estimate of drug-likeness (QED) is 0.629. The highest BCUT2D eigenvalue weighted by atomic mass is 32.2. The first-order chi connectivity index (χ1) is 9.62. The van der Waals surface area contributed by atoms with Crippen LogP contribution in [0.3, 0.4) is 0 Å². The van der Waals surface area contributed by atoms with Gasteiger partial charge in [-0.1, -0.05) is 19.1 Å². The van der Waals surface area contributed by atoms with Crippen LogP contribution in [0.2, 0.25) is 0 Å². The maximum absolute atomic E-state index is 11.9. The van der Waals surface area contributed by atoms with Crippen molar-refractivity contribution in [3.63, 3.8) is 0 Å². The van der Waals surface area contributed by atoms with E-state index in [0.29, 0.717) is 5.56 Å². The van der Waals surface area contributed by atoms with E-state index in [9.17, 15) is 23.3 Å². The third-order valence-corrected chi connectivity index (χ3v) is 5.17. The Labute approximate surface area is 123 Å². The highest BCUT2D eigenvalue weighted by molar-refractivity contribution is 7.91. The molecule has 1 N–H and O–H groups in total. The molecule has 21 heavy (non-hydrogen) atoms. The number of nitrogens with zero attached hydrogens (tertiary/aromatic N) is 1. The Bertz CT molecular complexity index is 624. The van der Waals surface area contributed by atoms with E-state index in [-0.39, 0.29) is 18.1 Å². The van der Waals surface area contributed by atoms with Crippen molar-refractivity contribution in [2.75, 3.05) is 6.26 Å². The molecule has 7 nitrogen and oxygen atoms in total. The van der Waals surface area contributed by atoms with Gasteiger partial charge in [-0.2, -0.15) is 0 Å². The molecule has 0 aliphatic heterocycles. The third-order valence-electron chi connectivity index (χ3n) is 3.41. The number of amides is 1. The second kappa shape index (κ2) is 6.66. The van der Waals surface area contributed by atoms with Gasteiger partial charge in [-0.05, 0) is 12.5 Å². The smallest absolute Gasteiger partial charge is 0.269 e. The average molecular weight is 314 g/mol. The van der Waals surface area contributed by atoms with Crippen molar-refractivity contribution < 1.29 is 18.1 Å². The van der Waals surface area contributed by atoms with Crippen molar-refractivity contribution in [1.29, 1.82) is 0 Å². The monoisotopic (exact) mass is 314 g/mol. The predicted octanol–water partition coefficient (Wildman–Crippen LogP) is 1.28. The molecule has 1 aromatic rings. The number of nitrogens with one attached hydrogen (secondary N) is 1. The van der Waals surface area contributed by atoms with Crippen LogP contribution in [0.4, 0.5) is 5.69 Å². The molecule has 8 heteroatoms. The van der Waals surface area contributed by atoms with Crippen LogP contribution in [0, 0.1) is 16.0 Å². The predicted molar refractivity (Wildman–Crippen MR) is 78.4 cm³/mol. The van der Waals surface area contributed by atoms with Crippen LogP contribution in [-0.2, 0) is 21.2 Å². The standard InChI is InChI=1S/C13H18N2O5S/c1-9(10(2)21(3,19)20)13(16)14-8-11-4-6-12(7-5-11)15(17)18/h4-7,9-10H,8H2,1-3H3,(H,14,16). The summed E-state index contributed by atoms with van der Waals surface area (Å²) in [4.78, 5) is 21.9. The molecular weight excluding hydrogens is 296 g/mol. The maximum Gasteiger partial charge on any atom is 0.269 e. The number of non-ortho nitro benzene ring substituents is 1. The summed E-state index contributed by atoms with van der Waals surface area (Å²) in [5, 5.41) is 12.4. The van der Waals surface area contributed by atoms with Gasteiger partial charge >= 0.3 is 0 Å². The number of nitro groups is 1. The van der Waals surface area contributed by atoms with Gasteiger partial charge in [0.1, 0.15) is 0 Å². The van der Waals surface area contributed by atoms with Crippen LogP contribution < -0.4 is 5.32 Å². The Morgan fingerprint density at radius 2 is 1.81 bits per heavy atom. The van der Waals surface area contributed by atoms with E-state index in [0.717, 1.165) is 6.26 Å². The third kappa shape index (κ3) is 4.82. The topological polar surface area (TPSA) is 106 Å². The van der Waals surface area contributed by atoms with Crippen LogP contribution in [0.15, 0.2) is 24.3 Å². The van der Waals surface area contributed by atoms with Crippen molar-refractivity contribution in [3.05, 3.63) is 39.9 Å². The highest BCUT2D eigenvalue weighted by Gasteiger charge is 2.27. The number of rotatable bonds is 6. The van der Waals surface area contributed by atoms with Crippen molar-refractivity contribution in [3.8, 4) is 0 Å². The lowest BCUT2D eigenvalue weighted by Crippen LogP contribution is -2.37. The summed E-state index contributed by atoms with van der Waals surface area (Å²) < 4.78 is 22.8. The van der Waals surface area contributed by atoms with E-state index in [1.165, 1.54) is 19.1 Å². The molecule has 0 spiro atoms. The zero-order valence-electron chi connectivity index (χ0n) is 12.1. The minimum absolute atomic E-state index is 0.0239. The molecule has 0 aliphatic carbocycles. The Morgan fingerprint density at radius 3 is 2.24 bits per heavy atom. The first-order valence-corrected chi connectivity index (χ1v) is 8.28. The SMILES string of the molecule is CC(C(=O)NCc1ccc([N+](=O)[O-])cc1)C(C)S(C)(=O)=O. The van der Waals surface area contributed by atoms with Crippen LogP contribution >= 0.6 is 0 Å². The highest BCUT2D eigenvalue weighted by Crippen LogP contribution is 2.13. The second-order valence-electron chi connectivity index (χ2n) is 4.96. The molecule has 2 atom stereocenters. The Morgan fingerprint density at radius 1 is 1.29 bits per heavy atom.